The van der Waals surface area contributed by atoms with Crippen molar-refractivity contribution in [1.29, 1.82) is 0 Å². The van der Waals surface area contributed by atoms with Crippen LogP contribution in [-0.4, -0.2) is 29.3 Å². The third-order valence-electron chi connectivity index (χ3n) is 5.13. The number of benzene rings is 3. The first-order valence-corrected chi connectivity index (χ1v) is 9.37. The molecule has 0 bridgehead atoms. The van der Waals surface area contributed by atoms with Gasteiger partial charge in [0, 0.05) is 11.3 Å². The van der Waals surface area contributed by atoms with Gasteiger partial charge in [0.15, 0.2) is 0 Å². The second-order valence-electron chi connectivity index (χ2n) is 7.11. The Morgan fingerprint density at radius 1 is 0.793 bits per heavy atom. The minimum Gasteiger partial charge on any atom is -0.290 e. The first-order chi connectivity index (χ1) is 14.0. The van der Waals surface area contributed by atoms with E-state index in [9.17, 15) is 14.4 Å². The van der Waals surface area contributed by atoms with E-state index in [-0.39, 0.29) is 24.4 Å². The molecule has 5 nitrogen and oxygen atoms in total. The number of anilines is 1. The fourth-order valence-corrected chi connectivity index (χ4v) is 3.46. The van der Waals surface area contributed by atoms with E-state index in [1.165, 1.54) is 4.90 Å². The topological polar surface area (TPSA) is 57.7 Å². The van der Waals surface area contributed by atoms with Crippen LogP contribution in [0.5, 0.6) is 0 Å². The molecule has 144 valence electrons. The average Bonchev–Trinajstić information content (AvgIpc) is 2.97. The molecular formula is C24H20N2O3. The Labute approximate surface area is 169 Å². The minimum absolute atomic E-state index is 0.150. The van der Waals surface area contributed by atoms with Crippen LogP contribution in [0.1, 0.15) is 42.2 Å². The summed E-state index contributed by atoms with van der Waals surface area (Å²) >= 11 is 0. The van der Waals surface area contributed by atoms with E-state index in [1.54, 1.807) is 36.4 Å². The van der Waals surface area contributed by atoms with Crippen molar-refractivity contribution >= 4 is 23.4 Å². The Bertz CT molecular complexity index is 1080. The Hall–Kier alpha value is -3.73. The lowest BCUT2D eigenvalue weighted by molar-refractivity contribution is 0.0650. The number of aryl methyl sites for hydroxylation is 2. The summed E-state index contributed by atoms with van der Waals surface area (Å²) in [6, 6.07) is 21.4. The first-order valence-electron chi connectivity index (χ1n) is 9.37. The van der Waals surface area contributed by atoms with Crippen LogP contribution in [0.2, 0.25) is 0 Å². The van der Waals surface area contributed by atoms with Crippen LogP contribution in [0.25, 0.3) is 0 Å². The third-order valence-corrected chi connectivity index (χ3v) is 5.13. The van der Waals surface area contributed by atoms with E-state index in [0.29, 0.717) is 22.4 Å². The summed E-state index contributed by atoms with van der Waals surface area (Å²) in [6.07, 6.45) is 0. The van der Waals surface area contributed by atoms with Gasteiger partial charge in [0.05, 0.1) is 11.1 Å². The maximum Gasteiger partial charge on any atom is 0.263 e. The lowest BCUT2D eigenvalue weighted by atomic mass is 10.1. The first kappa shape index (κ1) is 18.6. The quantitative estimate of drug-likeness (QED) is 0.634. The maximum absolute atomic E-state index is 13.4. The second-order valence-corrected chi connectivity index (χ2v) is 7.11. The molecule has 1 aliphatic rings. The van der Waals surface area contributed by atoms with Crippen molar-refractivity contribution in [2.45, 2.75) is 13.8 Å². The normalized spacial score (nSPS) is 12.8. The maximum atomic E-state index is 13.4. The molecule has 29 heavy (non-hydrogen) atoms. The molecule has 0 radical (unpaired) electrons. The molecule has 0 spiro atoms. The highest BCUT2D eigenvalue weighted by Gasteiger charge is 2.37. The van der Waals surface area contributed by atoms with Crippen molar-refractivity contribution in [3.05, 3.63) is 101 Å². The predicted molar refractivity (Wildman–Crippen MR) is 111 cm³/mol. The predicted octanol–water partition coefficient (Wildman–Crippen LogP) is 4.20. The van der Waals surface area contributed by atoms with E-state index in [1.807, 2.05) is 50.2 Å². The summed E-state index contributed by atoms with van der Waals surface area (Å²) < 4.78 is 0. The fourth-order valence-electron chi connectivity index (χ4n) is 3.46. The molecule has 1 aliphatic heterocycles. The summed E-state index contributed by atoms with van der Waals surface area (Å²) in [4.78, 5) is 41.6. The molecule has 0 aliphatic carbocycles. The lowest BCUT2D eigenvalue weighted by Gasteiger charge is -2.27. The number of rotatable bonds is 4. The monoisotopic (exact) mass is 384 g/mol. The number of carbonyl (C=O) groups excluding carboxylic acids is 3. The van der Waals surface area contributed by atoms with Gasteiger partial charge in [-0.2, -0.15) is 0 Å². The molecule has 3 aromatic carbocycles. The zero-order chi connectivity index (χ0) is 20.5. The van der Waals surface area contributed by atoms with Gasteiger partial charge in [-0.1, -0.05) is 48.0 Å². The molecule has 0 unspecified atom stereocenters. The van der Waals surface area contributed by atoms with Gasteiger partial charge in [-0.15, -0.1) is 0 Å². The van der Waals surface area contributed by atoms with Crippen LogP contribution in [0.15, 0.2) is 72.8 Å². The van der Waals surface area contributed by atoms with Crippen molar-refractivity contribution in [2.24, 2.45) is 0 Å². The fraction of sp³-hybridized carbons (Fsp3) is 0.125. The van der Waals surface area contributed by atoms with Crippen LogP contribution in [0.4, 0.5) is 5.69 Å². The lowest BCUT2D eigenvalue weighted by Crippen LogP contribution is -2.44. The van der Waals surface area contributed by atoms with Crippen molar-refractivity contribution in [3.63, 3.8) is 0 Å². The van der Waals surface area contributed by atoms with Crippen LogP contribution in [0.3, 0.4) is 0 Å². The smallest absolute Gasteiger partial charge is 0.263 e. The van der Waals surface area contributed by atoms with Gasteiger partial charge in [-0.3, -0.25) is 24.2 Å². The van der Waals surface area contributed by atoms with E-state index in [0.717, 1.165) is 16.0 Å². The summed E-state index contributed by atoms with van der Waals surface area (Å²) in [6.45, 7) is 3.67. The van der Waals surface area contributed by atoms with Gasteiger partial charge in [-0.05, 0) is 49.7 Å². The summed E-state index contributed by atoms with van der Waals surface area (Å²) in [5.41, 5.74) is 3.77. The van der Waals surface area contributed by atoms with Gasteiger partial charge < -0.3 is 0 Å². The molecule has 5 heteroatoms. The average molecular weight is 384 g/mol. The number of hydrogen-bond acceptors (Lipinski definition) is 3. The van der Waals surface area contributed by atoms with Gasteiger partial charge in [0.1, 0.15) is 6.67 Å². The Balaban J connectivity index is 1.73. The molecule has 0 aromatic heterocycles. The molecule has 4 rings (SSSR count). The molecule has 0 atom stereocenters. The van der Waals surface area contributed by atoms with Gasteiger partial charge >= 0.3 is 0 Å². The number of imide groups is 1. The van der Waals surface area contributed by atoms with Crippen LogP contribution in [-0.2, 0) is 0 Å². The molecule has 3 aromatic rings. The van der Waals surface area contributed by atoms with Crippen molar-refractivity contribution < 1.29 is 14.4 Å². The zero-order valence-electron chi connectivity index (χ0n) is 16.3. The summed E-state index contributed by atoms with van der Waals surface area (Å²) in [7, 11) is 0. The van der Waals surface area contributed by atoms with E-state index >= 15 is 0 Å². The van der Waals surface area contributed by atoms with E-state index in [4.69, 9.17) is 0 Å². The second kappa shape index (κ2) is 7.36. The Morgan fingerprint density at radius 3 is 1.93 bits per heavy atom. The van der Waals surface area contributed by atoms with Gasteiger partial charge in [0.25, 0.3) is 17.7 Å². The molecule has 0 N–H and O–H groups in total. The molecule has 0 saturated heterocycles. The van der Waals surface area contributed by atoms with Crippen LogP contribution >= 0.6 is 0 Å². The molecule has 1 heterocycles. The molecule has 0 fully saturated rings. The zero-order valence-corrected chi connectivity index (χ0v) is 16.3. The van der Waals surface area contributed by atoms with E-state index < -0.39 is 0 Å². The number of amides is 3. The minimum atomic E-state index is -0.389. The number of hydrogen-bond donors (Lipinski definition) is 0. The number of carbonyl (C=O) groups is 3. The van der Waals surface area contributed by atoms with Gasteiger partial charge in [-0.25, -0.2) is 0 Å². The number of nitrogens with zero attached hydrogens (tertiary/aromatic N) is 2. The highest BCUT2D eigenvalue weighted by Crippen LogP contribution is 2.26. The molecule has 0 saturated carbocycles. The molecule has 3 amide bonds. The highest BCUT2D eigenvalue weighted by atomic mass is 16.2. The van der Waals surface area contributed by atoms with Crippen molar-refractivity contribution in [1.82, 2.24) is 4.90 Å². The third kappa shape index (κ3) is 3.31. The van der Waals surface area contributed by atoms with Gasteiger partial charge in [0.2, 0.25) is 0 Å². The SMILES string of the molecule is Cc1ccc(N(CN2C(=O)c3ccccc3C2=O)C(=O)c2ccccc2C)cc1. The molecular weight excluding hydrogens is 364 g/mol. The summed E-state index contributed by atoms with van der Waals surface area (Å²) in [5.74, 6) is -1.04. The summed E-state index contributed by atoms with van der Waals surface area (Å²) in [5, 5.41) is 0. The number of fused-ring (bicyclic) bond motifs is 1. The Morgan fingerprint density at radius 2 is 1.34 bits per heavy atom. The Kier molecular flexibility index (Phi) is 4.72. The van der Waals surface area contributed by atoms with Crippen molar-refractivity contribution in [3.8, 4) is 0 Å². The van der Waals surface area contributed by atoms with Crippen molar-refractivity contribution in [2.75, 3.05) is 11.6 Å². The van der Waals surface area contributed by atoms with E-state index in [2.05, 4.69) is 0 Å². The largest absolute Gasteiger partial charge is 0.290 e. The van der Waals surface area contributed by atoms with Crippen LogP contribution in [0, 0.1) is 13.8 Å². The van der Waals surface area contributed by atoms with Crippen LogP contribution < -0.4 is 4.90 Å². The standard InChI is InChI=1S/C24H20N2O3/c1-16-11-13-18(14-12-16)25(22(27)19-8-4-3-7-17(19)2)15-26-23(28)20-9-5-6-10-21(20)24(26)29/h3-14H,15H2,1-2H3. The highest BCUT2D eigenvalue weighted by molar-refractivity contribution is 6.22.